The lowest BCUT2D eigenvalue weighted by Gasteiger charge is -2.37. The Morgan fingerprint density at radius 1 is 0.920 bits per heavy atom. The fraction of sp³-hybridized carbons (Fsp3) is 0.350. The maximum absolute atomic E-state index is 12.7. The minimum Gasteiger partial charge on any atom is -0.368 e. The molecule has 4 nitrogen and oxygen atoms in total. The van der Waals surface area contributed by atoms with Crippen LogP contribution in [-0.2, 0) is 5.54 Å². The van der Waals surface area contributed by atoms with Crippen molar-refractivity contribution >= 4 is 23.3 Å². The highest BCUT2D eigenvalue weighted by Gasteiger charge is 2.46. The van der Waals surface area contributed by atoms with E-state index in [2.05, 4.69) is 34.5 Å². The molecule has 1 heterocycles. The van der Waals surface area contributed by atoms with Gasteiger partial charge in [0.05, 0.1) is 5.54 Å². The number of hydrogen-bond donors (Lipinski definition) is 1. The summed E-state index contributed by atoms with van der Waals surface area (Å²) < 4.78 is 0. The Morgan fingerprint density at radius 3 is 2.16 bits per heavy atom. The summed E-state index contributed by atoms with van der Waals surface area (Å²) in [6.45, 7) is 3.23. The molecule has 0 spiro atoms. The first-order valence-corrected chi connectivity index (χ1v) is 9.17. The highest BCUT2D eigenvalue weighted by molar-refractivity contribution is 6.30. The van der Waals surface area contributed by atoms with Gasteiger partial charge in [-0.05, 0) is 42.7 Å². The van der Waals surface area contributed by atoms with Crippen LogP contribution in [0.25, 0.3) is 0 Å². The van der Waals surface area contributed by atoms with Gasteiger partial charge in [0, 0.05) is 36.9 Å². The summed E-state index contributed by atoms with van der Waals surface area (Å²) in [7, 11) is 0. The average molecular weight is 356 g/mol. The van der Waals surface area contributed by atoms with E-state index in [0.29, 0.717) is 0 Å². The molecule has 2 fully saturated rings. The highest BCUT2D eigenvalue weighted by Crippen LogP contribution is 2.45. The fourth-order valence-electron chi connectivity index (χ4n) is 3.47. The molecule has 4 rings (SSSR count). The molecule has 0 atom stereocenters. The van der Waals surface area contributed by atoms with E-state index in [9.17, 15) is 4.79 Å². The number of nitrogens with one attached hydrogen (secondary N) is 1. The first kappa shape index (κ1) is 16.3. The van der Waals surface area contributed by atoms with Crippen LogP contribution in [0.1, 0.15) is 18.4 Å². The smallest absolute Gasteiger partial charge is 0.318 e. The predicted molar refractivity (Wildman–Crippen MR) is 101 cm³/mol. The van der Waals surface area contributed by atoms with Crippen LogP contribution in [0.15, 0.2) is 54.6 Å². The minimum absolute atomic E-state index is 0.0418. The molecule has 0 radical (unpaired) electrons. The lowest BCUT2D eigenvalue weighted by Crippen LogP contribution is -2.53. The largest absolute Gasteiger partial charge is 0.368 e. The summed E-state index contributed by atoms with van der Waals surface area (Å²) in [6.07, 6.45) is 1.98. The molecule has 1 saturated heterocycles. The molecule has 0 bridgehead atoms. The topological polar surface area (TPSA) is 35.6 Å². The number of carbonyl (C=O) groups is 1. The molecular formula is C20H22ClN3O. The molecule has 0 unspecified atom stereocenters. The normalized spacial score (nSPS) is 18.8. The quantitative estimate of drug-likeness (QED) is 0.907. The third-order valence-corrected chi connectivity index (χ3v) is 5.43. The van der Waals surface area contributed by atoms with E-state index in [-0.39, 0.29) is 11.6 Å². The number of hydrogen-bond acceptors (Lipinski definition) is 2. The van der Waals surface area contributed by atoms with Crippen LogP contribution < -0.4 is 10.2 Å². The Balaban J connectivity index is 1.36. The van der Waals surface area contributed by atoms with Gasteiger partial charge in [-0.3, -0.25) is 0 Å². The van der Waals surface area contributed by atoms with Crippen molar-refractivity contribution in [1.82, 2.24) is 10.2 Å². The zero-order valence-electron chi connectivity index (χ0n) is 14.1. The number of halogens is 1. The zero-order chi connectivity index (χ0) is 17.3. The minimum atomic E-state index is -0.196. The number of para-hydroxylation sites is 1. The van der Waals surface area contributed by atoms with Crippen LogP contribution in [0, 0.1) is 0 Å². The van der Waals surface area contributed by atoms with Gasteiger partial charge in [-0.25, -0.2) is 4.79 Å². The second-order valence-electron chi connectivity index (χ2n) is 6.83. The van der Waals surface area contributed by atoms with Crippen molar-refractivity contribution in [1.29, 1.82) is 0 Å². The van der Waals surface area contributed by atoms with Crippen molar-refractivity contribution in [2.75, 3.05) is 31.1 Å². The first-order valence-electron chi connectivity index (χ1n) is 8.79. The third-order valence-electron chi connectivity index (χ3n) is 5.18. The Labute approximate surface area is 153 Å². The van der Waals surface area contributed by atoms with Gasteiger partial charge < -0.3 is 15.1 Å². The Bertz CT molecular complexity index is 735. The molecule has 1 saturated carbocycles. The Kier molecular flexibility index (Phi) is 4.30. The van der Waals surface area contributed by atoms with Crippen molar-refractivity contribution in [2.24, 2.45) is 0 Å². The summed E-state index contributed by atoms with van der Waals surface area (Å²) >= 11 is 5.97. The van der Waals surface area contributed by atoms with Gasteiger partial charge in [-0.2, -0.15) is 0 Å². The molecule has 2 amide bonds. The molecule has 1 aliphatic carbocycles. The SMILES string of the molecule is O=C(NC1(c2ccc(Cl)cc2)CC1)N1CCN(c2ccccc2)CC1. The van der Waals surface area contributed by atoms with Gasteiger partial charge in [-0.15, -0.1) is 0 Å². The van der Waals surface area contributed by atoms with Crippen molar-refractivity contribution < 1.29 is 4.79 Å². The van der Waals surface area contributed by atoms with E-state index in [0.717, 1.165) is 49.6 Å². The molecule has 5 heteroatoms. The van der Waals surface area contributed by atoms with Gasteiger partial charge in [0.15, 0.2) is 0 Å². The fourth-order valence-corrected chi connectivity index (χ4v) is 3.60. The van der Waals surface area contributed by atoms with Crippen LogP contribution >= 0.6 is 11.6 Å². The molecule has 2 aromatic carbocycles. The lowest BCUT2D eigenvalue weighted by atomic mass is 10.1. The van der Waals surface area contributed by atoms with Gasteiger partial charge in [0.25, 0.3) is 0 Å². The number of carbonyl (C=O) groups excluding carboxylic acids is 1. The predicted octanol–water partition coefficient (Wildman–Crippen LogP) is 3.86. The maximum Gasteiger partial charge on any atom is 0.318 e. The van der Waals surface area contributed by atoms with Crippen molar-refractivity contribution in [3.05, 3.63) is 65.2 Å². The molecule has 1 N–H and O–H groups in total. The monoisotopic (exact) mass is 355 g/mol. The molecule has 130 valence electrons. The summed E-state index contributed by atoms with van der Waals surface area (Å²) in [5, 5.41) is 3.98. The standard InChI is InChI=1S/C20H22ClN3O/c21-17-8-6-16(7-9-17)20(10-11-20)22-19(25)24-14-12-23(13-15-24)18-4-2-1-3-5-18/h1-9H,10-15H2,(H,22,25). The maximum atomic E-state index is 12.7. The van der Waals surface area contributed by atoms with Gasteiger partial charge in [-0.1, -0.05) is 41.9 Å². The van der Waals surface area contributed by atoms with Gasteiger partial charge in [0.1, 0.15) is 0 Å². The summed E-state index contributed by atoms with van der Waals surface area (Å²) in [5.41, 5.74) is 2.17. The van der Waals surface area contributed by atoms with E-state index in [1.807, 2.05) is 35.2 Å². The summed E-state index contributed by atoms with van der Waals surface area (Å²) in [4.78, 5) is 17.0. The summed E-state index contributed by atoms with van der Waals surface area (Å²) in [5.74, 6) is 0. The van der Waals surface area contributed by atoms with E-state index in [1.54, 1.807) is 0 Å². The van der Waals surface area contributed by atoms with Gasteiger partial charge in [0.2, 0.25) is 0 Å². The highest BCUT2D eigenvalue weighted by atomic mass is 35.5. The van der Waals surface area contributed by atoms with Gasteiger partial charge >= 0.3 is 6.03 Å². The van der Waals surface area contributed by atoms with Crippen molar-refractivity contribution in [2.45, 2.75) is 18.4 Å². The zero-order valence-corrected chi connectivity index (χ0v) is 14.9. The number of nitrogens with zero attached hydrogens (tertiary/aromatic N) is 2. The van der Waals surface area contributed by atoms with Crippen LogP contribution in [0.3, 0.4) is 0 Å². The van der Waals surface area contributed by atoms with E-state index < -0.39 is 0 Å². The number of rotatable bonds is 3. The van der Waals surface area contributed by atoms with Crippen LogP contribution in [0.5, 0.6) is 0 Å². The Morgan fingerprint density at radius 2 is 1.56 bits per heavy atom. The number of urea groups is 1. The van der Waals surface area contributed by atoms with E-state index in [1.165, 1.54) is 5.69 Å². The van der Waals surface area contributed by atoms with Crippen LogP contribution in [-0.4, -0.2) is 37.1 Å². The summed E-state index contributed by atoms with van der Waals surface area (Å²) in [6, 6.07) is 18.2. The number of anilines is 1. The number of amides is 2. The number of benzene rings is 2. The molecule has 25 heavy (non-hydrogen) atoms. The van der Waals surface area contributed by atoms with Crippen molar-refractivity contribution in [3.63, 3.8) is 0 Å². The second-order valence-corrected chi connectivity index (χ2v) is 7.27. The third kappa shape index (κ3) is 3.45. The van der Waals surface area contributed by atoms with E-state index >= 15 is 0 Å². The van der Waals surface area contributed by atoms with Crippen LogP contribution in [0.2, 0.25) is 5.02 Å². The van der Waals surface area contributed by atoms with Crippen molar-refractivity contribution in [3.8, 4) is 0 Å². The lowest BCUT2D eigenvalue weighted by molar-refractivity contribution is 0.189. The molecule has 1 aliphatic heterocycles. The Hall–Kier alpha value is -2.20. The molecule has 2 aliphatic rings. The average Bonchev–Trinajstić information content (AvgIpc) is 3.43. The second kappa shape index (κ2) is 6.60. The number of piperazine rings is 1. The molecule has 0 aromatic heterocycles. The van der Waals surface area contributed by atoms with Crippen LogP contribution in [0.4, 0.5) is 10.5 Å². The molecule has 2 aromatic rings. The first-order chi connectivity index (χ1) is 12.2. The van der Waals surface area contributed by atoms with E-state index in [4.69, 9.17) is 11.6 Å². The molecular weight excluding hydrogens is 334 g/mol.